The Morgan fingerprint density at radius 2 is 2.00 bits per heavy atom. The van der Waals surface area contributed by atoms with Crippen LogP contribution >= 0.6 is 0 Å². The summed E-state index contributed by atoms with van der Waals surface area (Å²) in [6.45, 7) is 4.78. The van der Waals surface area contributed by atoms with E-state index in [9.17, 15) is 18.0 Å². The second-order valence-electron chi connectivity index (χ2n) is 4.19. The van der Waals surface area contributed by atoms with Gasteiger partial charge >= 0.3 is 12.1 Å². The molecule has 1 aromatic carbocycles. The average Bonchev–Trinajstić information content (AvgIpc) is 2.38. The smallest absolute Gasteiger partial charge is 0.311 e. The molecule has 0 radical (unpaired) electrons. The van der Waals surface area contributed by atoms with Crippen LogP contribution in [0, 0.1) is 18.3 Å². The van der Waals surface area contributed by atoms with Gasteiger partial charge in [-0.2, -0.15) is 18.4 Å². The lowest BCUT2D eigenvalue weighted by Crippen LogP contribution is -2.43. The van der Waals surface area contributed by atoms with E-state index in [1.54, 1.807) is 18.2 Å². The number of nitrogens with zero attached hydrogens (tertiary/aromatic N) is 2. The van der Waals surface area contributed by atoms with Gasteiger partial charge in [-0.05, 0) is 12.5 Å². The number of amides is 1. The summed E-state index contributed by atoms with van der Waals surface area (Å²) in [6.07, 6.45) is -3.87. The molecule has 0 aliphatic rings. The minimum Gasteiger partial charge on any atom is -0.311 e. The highest BCUT2D eigenvalue weighted by atomic mass is 19.4. The molecular weight excluding hydrogens is 269 g/mol. The number of hydrogen-bond acceptors (Lipinski definition) is 2. The van der Waals surface area contributed by atoms with Crippen molar-refractivity contribution in [2.45, 2.75) is 19.1 Å². The lowest BCUT2D eigenvalue weighted by atomic mass is 10.0. The van der Waals surface area contributed by atoms with Crippen molar-refractivity contribution in [2.24, 2.45) is 0 Å². The first-order valence-electron chi connectivity index (χ1n) is 5.76. The summed E-state index contributed by atoms with van der Waals surface area (Å²) in [5, 5.41) is 9.11. The van der Waals surface area contributed by atoms with Gasteiger partial charge in [0.25, 0.3) is 0 Å². The molecule has 1 amide bonds. The zero-order valence-corrected chi connectivity index (χ0v) is 10.8. The van der Waals surface area contributed by atoms with E-state index >= 15 is 0 Å². The number of carbonyl (C=O) groups is 1. The number of carbonyl (C=O) groups excluding carboxylic acids is 1. The van der Waals surface area contributed by atoms with E-state index in [0.717, 1.165) is 11.6 Å². The van der Waals surface area contributed by atoms with Crippen LogP contribution in [0.5, 0.6) is 0 Å². The molecule has 106 valence electrons. The summed E-state index contributed by atoms with van der Waals surface area (Å²) >= 11 is 0. The van der Waals surface area contributed by atoms with Crippen molar-refractivity contribution in [2.75, 3.05) is 6.54 Å². The maximum absolute atomic E-state index is 12.6. The van der Waals surface area contributed by atoms with Gasteiger partial charge in [0.05, 0.1) is 6.07 Å². The van der Waals surface area contributed by atoms with Crippen LogP contribution in [0.15, 0.2) is 36.9 Å². The van der Waals surface area contributed by atoms with Crippen molar-refractivity contribution in [3.05, 3.63) is 48.0 Å². The molecule has 1 rings (SSSR count). The van der Waals surface area contributed by atoms with Gasteiger partial charge in [-0.25, -0.2) is 0 Å². The first-order chi connectivity index (χ1) is 9.31. The molecule has 0 fully saturated rings. The monoisotopic (exact) mass is 282 g/mol. The number of alkyl halides is 3. The van der Waals surface area contributed by atoms with Crippen LogP contribution in [0.1, 0.15) is 17.2 Å². The first-order valence-corrected chi connectivity index (χ1v) is 5.76. The largest absolute Gasteiger partial charge is 0.471 e. The van der Waals surface area contributed by atoms with Crippen molar-refractivity contribution in [3.8, 4) is 6.07 Å². The third-order valence-corrected chi connectivity index (χ3v) is 2.66. The van der Waals surface area contributed by atoms with Crippen molar-refractivity contribution in [3.63, 3.8) is 0 Å². The Hall–Kier alpha value is -2.29. The Labute approximate surface area is 114 Å². The maximum atomic E-state index is 12.6. The number of nitriles is 1. The topological polar surface area (TPSA) is 44.1 Å². The van der Waals surface area contributed by atoms with Crippen LogP contribution in [0.25, 0.3) is 0 Å². The molecule has 0 aliphatic carbocycles. The molecule has 1 atom stereocenters. The Balaban J connectivity index is 3.17. The summed E-state index contributed by atoms with van der Waals surface area (Å²) < 4.78 is 37.7. The van der Waals surface area contributed by atoms with E-state index in [2.05, 4.69) is 6.58 Å². The Bertz CT molecular complexity index is 529. The lowest BCUT2D eigenvalue weighted by molar-refractivity contribution is -0.186. The van der Waals surface area contributed by atoms with E-state index in [4.69, 9.17) is 5.26 Å². The van der Waals surface area contributed by atoms with Crippen LogP contribution < -0.4 is 0 Å². The normalized spacial score (nSPS) is 12.3. The van der Waals surface area contributed by atoms with Crippen LogP contribution in [-0.4, -0.2) is 23.5 Å². The van der Waals surface area contributed by atoms with Gasteiger partial charge in [0, 0.05) is 6.54 Å². The van der Waals surface area contributed by atoms with Crippen molar-refractivity contribution in [1.29, 1.82) is 5.26 Å². The van der Waals surface area contributed by atoms with E-state index in [-0.39, 0.29) is 6.54 Å². The molecule has 0 heterocycles. The van der Waals surface area contributed by atoms with E-state index in [1.807, 2.05) is 6.92 Å². The minimum atomic E-state index is -5.02. The fraction of sp³-hybridized carbons (Fsp3) is 0.286. The zero-order chi connectivity index (χ0) is 15.3. The minimum absolute atomic E-state index is 0.331. The molecule has 1 aromatic rings. The fourth-order valence-corrected chi connectivity index (χ4v) is 1.68. The first kappa shape index (κ1) is 15.8. The van der Waals surface area contributed by atoms with Gasteiger partial charge in [0.15, 0.2) is 0 Å². The molecule has 0 saturated heterocycles. The third kappa shape index (κ3) is 3.60. The summed E-state index contributed by atoms with van der Waals surface area (Å²) in [5.41, 5.74) is 1.24. The van der Waals surface area contributed by atoms with E-state index in [1.165, 1.54) is 12.1 Å². The van der Waals surface area contributed by atoms with Crippen LogP contribution in [-0.2, 0) is 4.79 Å². The van der Waals surface area contributed by atoms with Gasteiger partial charge in [0.1, 0.15) is 6.04 Å². The molecule has 6 heteroatoms. The second-order valence-corrected chi connectivity index (χ2v) is 4.19. The van der Waals surface area contributed by atoms with Crippen molar-refractivity contribution >= 4 is 5.91 Å². The Morgan fingerprint density at radius 1 is 1.45 bits per heavy atom. The molecule has 20 heavy (non-hydrogen) atoms. The van der Waals surface area contributed by atoms with E-state index < -0.39 is 18.1 Å². The molecule has 0 bridgehead atoms. The molecule has 0 N–H and O–H groups in total. The predicted octanol–water partition coefficient (Wildman–Crippen LogP) is 3.14. The predicted molar refractivity (Wildman–Crippen MR) is 67.5 cm³/mol. The van der Waals surface area contributed by atoms with Gasteiger partial charge in [0.2, 0.25) is 0 Å². The van der Waals surface area contributed by atoms with Gasteiger partial charge < -0.3 is 4.90 Å². The van der Waals surface area contributed by atoms with Gasteiger partial charge in [-0.15, -0.1) is 6.58 Å². The van der Waals surface area contributed by atoms with Crippen LogP contribution in [0.3, 0.4) is 0 Å². The number of rotatable bonds is 4. The van der Waals surface area contributed by atoms with Gasteiger partial charge in [-0.1, -0.05) is 35.9 Å². The molecule has 3 nitrogen and oxygen atoms in total. The summed E-state index contributed by atoms with van der Waals surface area (Å²) in [5.74, 6) is -2.05. The number of hydrogen-bond donors (Lipinski definition) is 0. The highest BCUT2D eigenvalue weighted by Crippen LogP contribution is 2.26. The average molecular weight is 282 g/mol. The third-order valence-electron chi connectivity index (χ3n) is 2.66. The van der Waals surface area contributed by atoms with Crippen LogP contribution in [0.4, 0.5) is 13.2 Å². The summed E-state index contributed by atoms with van der Waals surface area (Å²) in [4.78, 5) is 11.9. The highest BCUT2D eigenvalue weighted by Gasteiger charge is 2.44. The molecule has 0 unspecified atom stereocenters. The standard InChI is InChI=1S/C14H13F3N2O/c1-3-8-19(13(20)14(15,16)17)12(9-18)11-6-4-10(2)5-7-11/h3-7,12H,1,8H2,2H3/t12-/m1/s1. The molecular formula is C14H13F3N2O. The maximum Gasteiger partial charge on any atom is 0.471 e. The zero-order valence-electron chi connectivity index (χ0n) is 10.8. The number of halogens is 3. The van der Waals surface area contributed by atoms with Crippen LogP contribution in [0.2, 0.25) is 0 Å². The number of aryl methyl sites for hydroxylation is 1. The van der Waals surface area contributed by atoms with Gasteiger partial charge in [-0.3, -0.25) is 4.79 Å². The lowest BCUT2D eigenvalue weighted by Gasteiger charge is -2.27. The Kier molecular flexibility index (Phi) is 4.92. The van der Waals surface area contributed by atoms with E-state index in [0.29, 0.717) is 10.5 Å². The summed E-state index contributed by atoms with van der Waals surface area (Å²) in [7, 11) is 0. The Morgan fingerprint density at radius 3 is 2.40 bits per heavy atom. The van der Waals surface area contributed by atoms with Crippen molar-refractivity contribution < 1.29 is 18.0 Å². The fourth-order valence-electron chi connectivity index (χ4n) is 1.68. The SMILES string of the molecule is C=CCN(C(=O)C(F)(F)F)[C@H](C#N)c1ccc(C)cc1. The molecule has 0 aromatic heterocycles. The molecule has 0 spiro atoms. The highest BCUT2D eigenvalue weighted by molar-refractivity contribution is 5.82. The quantitative estimate of drug-likeness (QED) is 0.796. The second kappa shape index (κ2) is 6.24. The summed E-state index contributed by atoms with van der Waals surface area (Å²) in [6, 6.07) is 6.83. The van der Waals surface area contributed by atoms with Crippen molar-refractivity contribution in [1.82, 2.24) is 4.90 Å². The molecule has 0 saturated carbocycles. The number of benzene rings is 1. The molecule has 0 aliphatic heterocycles.